The van der Waals surface area contributed by atoms with Crippen molar-refractivity contribution in [3.05, 3.63) is 35.4 Å². The molecule has 0 aromatic heterocycles. The molecule has 3 heteroatoms. The minimum Gasteiger partial charge on any atom is -0.366 e. The van der Waals surface area contributed by atoms with Gasteiger partial charge in [0.2, 0.25) is 5.91 Å². The van der Waals surface area contributed by atoms with Gasteiger partial charge in [0.25, 0.3) is 0 Å². The first-order chi connectivity index (χ1) is 10.0. The molecule has 0 radical (unpaired) electrons. The largest absolute Gasteiger partial charge is 0.366 e. The summed E-state index contributed by atoms with van der Waals surface area (Å²) in [5.74, 6) is 0.396. The number of hydrogen-bond donors (Lipinski definition) is 2. The zero-order valence-electron chi connectivity index (χ0n) is 13.3. The van der Waals surface area contributed by atoms with Crippen molar-refractivity contribution in [3.63, 3.8) is 0 Å². The van der Waals surface area contributed by atoms with Crippen LogP contribution in [-0.2, 0) is 6.54 Å². The van der Waals surface area contributed by atoms with Crippen molar-refractivity contribution >= 4 is 5.91 Å². The van der Waals surface area contributed by atoms with Gasteiger partial charge in [-0.2, -0.15) is 0 Å². The molecule has 3 N–H and O–H groups in total. The van der Waals surface area contributed by atoms with Crippen LogP contribution in [0.4, 0.5) is 0 Å². The van der Waals surface area contributed by atoms with Gasteiger partial charge in [-0.25, -0.2) is 0 Å². The summed E-state index contributed by atoms with van der Waals surface area (Å²) in [4.78, 5) is 11.4. The second kappa shape index (κ2) is 7.08. The molecule has 0 heterocycles. The summed E-state index contributed by atoms with van der Waals surface area (Å²) < 4.78 is 0. The van der Waals surface area contributed by atoms with Gasteiger partial charge in [0.05, 0.1) is 0 Å². The molecule has 3 nitrogen and oxygen atoms in total. The Morgan fingerprint density at radius 3 is 2.57 bits per heavy atom. The molecule has 0 bridgehead atoms. The number of nitrogens with one attached hydrogen (secondary N) is 1. The molecular weight excluding hydrogens is 260 g/mol. The van der Waals surface area contributed by atoms with Gasteiger partial charge in [-0.15, -0.1) is 0 Å². The molecule has 0 aliphatic heterocycles. The summed E-state index contributed by atoms with van der Waals surface area (Å²) in [6.07, 6.45) is 6.65. The van der Waals surface area contributed by atoms with Crippen molar-refractivity contribution in [2.75, 3.05) is 6.54 Å². The summed E-state index contributed by atoms with van der Waals surface area (Å²) >= 11 is 0. The first kappa shape index (κ1) is 16.0. The van der Waals surface area contributed by atoms with Crippen molar-refractivity contribution in [2.45, 2.75) is 52.5 Å². The lowest BCUT2D eigenvalue weighted by atomic mass is 9.78. The predicted octanol–water partition coefficient (Wildman–Crippen LogP) is 3.48. The predicted molar refractivity (Wildman–Crippen MR) is 87.0 cm³/mol. The Hall–Kier alpha value is -1.35. The minimum atomic E-state index is -0.342. The number of carbonyl (C=O) groups is 1. The molecule has 0 atom stereocenters. The Bertz CT molecular complexity index is 476. The summed E-state index contributed by atoms with van der Waals surface area (Å²) in [6.45, 7) is 6.38. The SMILES string of the molecule is CC(C)CC1(CNCc2ccccc2C(N)=O)CCCC1. The van der Waals surface area contributed by atoms with Gasteiger partial charge in [-0.05, 0) is 42.2 Å². The quantitative estimate of drug-likeness (QED) is 0.807. The summed E-state index contributed by atoms with van der Waals surface area (Å²) in [5.41, 5.74) is 7.52. The molecule has 1 fully saturated rings. The van der Waals surface area contributed by atoms with E-state index in [0.29, 0.717) is 11.0 Å². The van der Waals surface area contributed by atoms with Gasteiger partial charge >= 0.3 is 0 Å². The summed E-state index contributed by atoms with van der Waals surface area (Å²) in [5, 5.41) is 3.58. The zero-order chi connectivity index (χ0) is 15.3. The van der Waals surface area contributed by atoms with Crippen molar-refractivity contribution < 1.29 is 4.79 Å². The average molecular weight is 288 g/mol. The maximum Gasteiger partial charge on any atom is 0.249 e. The van der Waals surface area contributed by atoms with Crippen molar-refractivity contribution in [1.29, 1.82) is 0 Å². The fourth-order valence-electron chi connectivity index (χ4n) is 3.82. The summed E-state index contributed by atoms with van der Waals surface area (Å²) in [7, 11) is 0. The lowest BCUT2D eigenvalue weighted by Gasteiger charge is -2.31. The van der Waals surface area contributed by atoms with E-state index in [4.69, 9.17) is 5.73 Å². The van der Waals surface area contributed by atoms with E-state index in [9.17, 15) is 4.79 Å². The molecule has 1 aromatic rings. The zero-order valence-corrected chi connectivity index (χ0v) is 13.3. The number of amides is 1. The topological polar surface area (TPSA) is 55.1 Å². The number of nitrogens with two attached hydrogens (primary N) is 1. The fraction of sp³-hybridized carbons (Fsp3) is 0.611. The highest BCUT2D eigenvalue weighted by Crippen LogP contribution is 2.42. The number of carbonyl (C=O) groups excluding carboxylic acids is 1. The van der Waals surface area contributed by atoms with Gasteiger partial charge in [0.15, 0.2) is 0 Å². The van der Waals surface area contributed by atoms with Crippen molar-refractivity contribution in [1.82, 2.24) is 5.32 Å². The van der Waals surface area contributed by atoms with Crippen LogP contribution >= 0.6 is 0 Å². The second-order valence-electron chi connectivity index (χ2n) is 6.93. The lowest BCUT2D eigenvalue weighted by Crippen LogP contribution is -2.33. The maximum absolute atomic E-state index is 11.4. The molecule has 21 heavy (non-hydrogen) atoms. The number of rotatable bonds is 7. The van der Waals surface area contributed by atoms with Crippen LogP contribution in [0.25, 0.3) is 0 Å². The molecule has 0 spiro atoms. The Morgan fingerprint density at radius 1 is 1.29 bits per heavy atom. The molecule has 1 aromatic carbocycles. The molecule has 1 amide bonds. The van der Waals surface area contributed by atoms with E-state index in [1.54, 1.807) is 6.07 Å². The van der Waals surface area contributed by atoms with Gasteiger partial charge < -0.3 is 11.1 Å². The third-order valence-corrected chi connectivity index (χ3v) is 4.60. The highest BCUT2D eigenvalue weighted by Gasteiger charge is 2.33. The number of benzene rings is 1. The molecule has 2 rings (SSSR count). The van der Waals surface area contributed by atoms with Crippen LogP contribution in [0.5, 0.6) is 0 Å². The maximum atomic E-state index is 11.4. The number of hydrogen-bond acceptors (Lipinski definition) is 2. The van der Waals surface area contributed by atoms with E-state index in [2.05, 4.69) is 19.2 Å². The lowest BCUT2D eigenvalue weighted by molar-refractivity contribution is 0.0999. The van der Waals surface area contributed by atoms with E-state index in [1.165, 1.54) is 32.1 Å². The Kier molecular flexibility index (Phi) is 5.40. The van der Waals surface area contributed by atoms with Crippen LogP contribution in [0.3, 0.4) is 0 Å². The highest BCUT2D eigenvalue weighted by atomic mass is 16.1. The number of primary amides is 1. The van der Waals surface area contributed by atoms with Crippen LogP contribution in [0.2, 0.25) is 0 Å². The summed E-state index contributed by atoms with van der Waals surface area (Å²) in [6, 6.07) is 7.61. The third kappa shape index (κ3) is 4.31. The van der Waals surface area contributed by atoms with E-state index in [1.807, 2.05) is 18.2 Å². The highest BCUT2D eigenvalue weighted by molar-refractivity contribution is 5.94. The Labute approximate surface area is 128 Å². The first-order valence-electron chi connectivity index (χ1n) is 8.11. The van der Waals surface area contributed by atoms with Crippen LogP contribution in [0, 0.1) is 11.3 Å². The molecule has 116 valence electrons. The Balaban J connectivity index is 1.95. The average Bonchev–Trinajstić information content (AvgIpc) is 2.87. The Morgan fingerprint density at radius 2 is 1.95 bits per heavy atom. The van der Waals surface area contributed by atoms with Crippen molar-refractivity contribution in [2.24, 2.45) is 17.1 Å². The molecule has 1 aliphatic rings. The monoisotopic (exact) mass is 288 g/mol. The molecular formula is C18H28N2O. The van der Waals surface area contributed by atoms with Crippen LogP contribution in [0.15, 0.2) is 24.3 Å². The van der Waals surface area contributed by atoms with E-state index >= 15 is 0 Å². The van der Waals surface area contributed by atoms with Gasteiger partial charge in [0.1, 0.15) is 0 Å². The van der Waals surface area contributed by atoms with Crippen LogP contribution < -0.4 is 11.1 Å². The normalized spacial score (nSPS) is 17.3. The standard InChI is InChI=1S/C18H28N2O/c1-14(2)11-18(9-5-6-10-18)13-20-12-15-7-3-4-8-16(15)17(19)21/h3-4,7-8,14,20H,5-6,9-13H2,1-2H3,(H2,19,21). The minimum absolute atomic E-state index is 0.342. The van der Waals surface area contributed by atoms with Gasteiger partial charge in [-0.3, -0.25) is 4.79 Å². The fourth-order valence-corrected chi connectivity index (χ4v) is 3.82. The van der Waals surface area contributed by atoms with E-state index in [-0.39, 0.29) is 5.91 Å². The molecule has 1 saturated carbocycles. The molecule has 0 unspecified atom stereocenters. The van der Waals surface area contributed by atoms with Crippen LogP contribution in [0.1, 0.15) is 61.9 Å². The first-order valence-corrected chi connectivity index (χ1v) is 8.11. The van der Waals surface area contributed by atoms with Crippen LogP contribution in [-0.4, -0.2) is 12.5 Å². The molecule has 0 saturated heterocycles. The van der Waals surface area contributed by atoms with Gasteiger partial charge in [-0.1, -0.05) is 44.9 Å². The third-order valence-electron chi connectivity index (χ3n) is 4.60. The van der Waals surface area contributed by atoms with E-state index in [0.717, 1.165) is 24.6 Å². The second-order valence-corrected chi connectivity index (χ2v) is 6.93. The van der Waals surface area contributed by atoms with E-state index < -0.39 is 0 Å². The van der Waals surface area contributed by atoms with Crippen molar-refractivity contribution in [3.8, 4) is 0 Å². The smallest absolute Gasteiger partial charge is 0.249 e. The molecule has 1 aliphatic carbocycles. The van der Waals surface area contributed by atoms with Gasteiger partial charge in [0, 0.05) is 18.7 Å².